The Bertz CT molecular complexity index is 272. The van der Waals surface area contributed by atoms with Crippen molar-refractivity contribution in [2.75, 3.05) is 13.7 Å². The summed E-state index contributed by atoms with van der Waals surface area (Å²) in [5.74, 6) is 1.80. The van der Waals surface area contributed by atoms with Gasteiger partial charge in [0.2, 0.25) is 11.8 Å². The first-order valence-electron chi connectivity index (χ1n) is 5.42. The number of rotatable bonds is 2. The molecule has 0 amide bonds. The lowest BCUT2D eigenvalue weighted by atomic mass is 10.0. The van der Waals surface area contributed by atoms with E-state index < -0.39 is 0 Å². The molecule has 0 fully saturated rings. The molecule has 1 rings (SSSR count). The Morgan fingerprint density at radius 3 is 2.40 bits per heavy atom. The van der Waals surface area contributed by atoms with Crippen LogP contribution in [0.2, 0.25) is 0 Å². The van der Waals surface area contributed by atoms with E-state index in [1.165, 1.54) is 0 Å². The molecule has 2 unspecified atom stereocenters. The molecule has 4 heteroatoms. The summed E-state index contributed by atoms with van der Waals surface area (Å²) in [6.07, 6.45) is 0. The van der Waals surface area contributed by atoms with E-state index in [0.717, 1.165) is 5.90 Å². The molecule has 0 aromatic heterocycles. The van der Waals surface area contributed by atoms with Crippen molar-refractivity contribution < 1.29 is 9.47 Å². The van der Waals surface area contributed by atoms with Gasteiger partial charge >= 0.3 is 0 Å². The van der Waals surface area contributed by atoms with E-state index in [-0.39, 0.29) is 12.1 Å². The summed E-state index contributed by atoms with van der Waals surface area (Å²) < 4.78 is 10.7. The molecule has 1 aliphatic rings. The molecule has 0 aromatic carbocycles. The van der Waals surface area contributed by atoms with Crippen LogP contribution in [0.1, 0.15) is 27.7 Å². The lowest BCUT2D eigenvalue weighted by molar-refractivity contribution is 0.296. The highest BCUT2D eigenvalue weighted by Crippen LogP contribution is 2.17. The van der Waals surface area contributed by atoms with Crippen LogP contribution in [0.15, 0.2) is 9.98 Å². The lowest BCUT2D eigenvalue weighted by Crippen LogP contribution is -2.36. The van der Waals surface area contributed by atoms with Crippen molar-refractivity contribution in [1.29, 1.82) is 0 Å². The van der Waals surface area contributed by atoms with E-state index in [1.807, 2.05) is 13.8 Å². The van der Waals surface area contributed by atoms with Gasteiger partial charge < -0.3 is 9.47 Å². The first-order valence-corrected chi connectivity index (χ1v) is 5.42. The Hall–Kier alpha value is -1.06. The van der Waals surface area contributed by atoms with E-state index in [0.29, 0.717) is 18.4 Å². The maximum Gasteiger partial charge on any atom is 0.209 e. The highest BCUT2D eigenvalue weighted by molar-refractivity contribution is 5.93. The molecule has 0 N–H and O–H groups in total. The first kappa shape index (κ1) is 12.0. The number of hydrogen-bond donors (Lipinski definition) is 0. The molecule has 0 radical (unpaired) electrons. The fourth-order valence-electron chi connectivity index (χ4n) is 1.54. The fourth-order valence-corrected chi connectivity index (χ4v) is 1.54. The van der Waals surface area contributed by atoms with Gasteiger partial charge in [-0.2, -0.15) is 0 Å². The minimum atomic E-state index is -0.0325. The van der Waals surface area contributed by atoms with Crippen molar-refractivity contribution >= 4 is 11.8 Å². The molecule has 0 bridgehead atoms. The topological polar surface area (TPSA) is 43.2 Å². The molecule has 15 heavy (non-hydrogen) atoms. The van der Waals surface area contributed by atoms with Crippen molar-refractivity contribution in [2.45, 2.75) is 39.8 Å². The Balaban J connectivity index is 2.87. The Kier molecular flexibility index (Phi) is 4.12. The summed E-state index contributed by atoms with van der Waals surface area (Å²) in [5.41, 5.74) is 0. The normalized spacial score (nSPS) is 26.0. The Labute approximate surface area is 91.4 Å². The molecule has 1 heterocycles. The van der Waals surface area contributed by atoms with Gasteiger partial charge in [-0.05, 0) is 19.8 Å². The molecule has 2 atom stereocenters. The van der Waals surface area contributed by atoms with Gasteiger partial charge in [0.05, 0.1) is 13.7 Å². The standard InChI is InChI=1S/C11H20N2O2/c1-6-15-10-8(4)12-11(14-5)9(13-10)7(2)3/h7-9H,6H2,1-5H3. The summed E-state index contributed by atoms with van der Waals surface area (Å²) in [6.45, 7) is 8.75. The average molecular weight is 212 g/mol. The number of hydrogen-bond acceptors (Lipinski definition) is 4. The smallest absolute Gasteiger partial charge is 0.209 e. The number of ether oxygens (including phenoxy) is 2. The zero-order valence-corrected chi connectivity index (χ0v) is 10.2. The van der Waals surface area contributed by atoms with Gasteiger partial charge in [-0.1, -0.05) is 13.8 Å². The van der Waals surface area contributed by atoms with Gasteiger partial charge in [0.1, 0.15) is 12.1 Å². The van der Waals surface area contributed by atoms with Crippen molar-refractivity contribution in [2.24, 2.45) is 15.9 Å². The highest BCUT2D eigenvalue weighted by Gasteiger charge is 2.28. The molecular formula is C11H20N2O2. The van der Waals surface area contributed by atoms with Crippen LogP contribution in [0, 0.1) is 5.92 Å². The van der Waals surface area contributed by atoms with Crippen LogP contribution in [-0.2, 0) is 9.47 Å². The van der Waals surface area contributed by atoms with Crippen molar-refractivity contribution in [3.05, 3.63) is 0 Å². The van der Waals surface area contributed by atoms with Gasteiger partial charge in [-0.25, -0.2) is 9.98 Å². The SMILES string of the molecule is CCOC1=NC(C(C)C)C(OC)=NC1C. The van der Waals surface area contributed by atoms with E-state index >= 15 is 0 Å². The number of nitrogens with zero attached hydrogens (tertiary/aromatic N) is 2. The van der Waals surface area contributed by atoms with Crippen molar-refractivity contribution in [3.8, 4) is 0 Å². The third kappa shape index (κ3) is 2.70. The molecule has 0 saturated carbocycles. The van der Waals surface area contributed by atoms with Crippen molar-refractivity contribution in [3.63, 3.8) is 0 Å². The van der Waals surface area contributed by atoms with Crippen LogP contribution in [0.4, 0.5) is 0 Å². The first-order chi connectivity index (χ1) is 7.10. The number of aliphatic imine (C=N–C) groups is 2. The van der Waals surface area contributed by atoms with E-state index in [9.17, 15) is 0 Å². The predicted molar refractivity (Wildman–Crippen MR) is 61.6 cm³/mol. The van der Waals surface area contributed by atoms with Gasteiger partial charge in [-0.15, -0.1) is 0 Å². The molecule has 0 aliphatic carbocycles. The van der Waals surface area contributed by atoms with Gasteiger partial charge in [-0.3, -0.25) is 0 Å². The minimum Gasteiger partial charge on any atom is -0.483 e. The van der Waals surface area contributed by atoms with Crippen LogP contribution in [0.5, 0.6) is 0 Å². The average Bonchev–Trinajstić information content (AvgIpc) is 2.20. The van der Waals surface area contributed by atoms with Crippen LogP contribution in [-0.4, -0.2) is 37.6 Å². The van der Waals surface area contributed by atoms with E-state index in [4.69, 9.17) is 9.47 Å². The maximum absolute atomic E-state index is 5.46. The minimum absolute atomic E-state index is 0.00671. The van der Waals surface area contributed by atoms with Crippen LogP contribution >= 0.6 is 0 Å². The zero-order valence-electron chi connectivity index (χ0n) is 10.2. The summed E-state index contributed by atoms with van der Waals surface area (Å²) in [6, 6.07) is -0.0392. The molecular weight excluding hydrogens is 192 g/mol. The summed E-state index contributed by atoms with van der Waals surface area (Å²) >= 11 is 0. The third-order valence-corrected chi connectivity index (χ3v) is 2.33. The summed E-state index contributed by atoms with van der Waals surface area (Å²) in [7, 11) is 1.64. The number of methoxy groups -OCH3 is 1. The fraction of sp³-hybridized carbons (Fsp3) is 0.818. The largest absolute Gasteiger partial charge is 0.483 e. The van der Waals surface area contributed by atoms with Crippen molar-refractivity contribution in [1.82, 2.24) is 0 Å². The predicted octanol–water partition coefficient (Wildman–Crippen LogP) is 1.89. The molecule has 0 saturated heterocycles. The Morgan fingerprint density at radius 2 is 1.93 bits per heavy atom. The second kappa shape index (κ2) is 5.14. The quantitative estimate of drug-likeness (QED) is 0.701. The van der Waals surface area contributed by atoms with Crippen LogP contribution in [0.25, 0.3) is 0 Å². The summed E-state index contributed by atoms with van der Waals surface area (Å²) in [4.78, 5) is 8.99. The molecule has 4 nitrogen and oxygen atoms in total. The maximum atomic E-state index is 5.46. The lowest BCUT2D eigenvalue weighted by Gasteiger charge is -2.25. The third-order valence-electron chi connectivity index (χ3n) is 2.33. The van der Waals surface area contributed by atoms with E-state index in [1.54, 1.807) is 7.11 Å². The van der Waals surface area contributed by atoms with Crippen LogP contribution in [0.3, 0.4) is 0 Å². The zero-order chi connectivity index (χ0) is 11.4. The van der Waals surface area contributed by atoms with E-state index in [2.05, 4.69) is 23.8 Å². The van der Waals surface area contributed by atoms with Crippen LogP contribution < -0.4 is 0 Å². The molecule has 86 valence electrons. The second-order valence-corrected chi connectivity index (χ2v) is 3.94. The van der Waals surface area contributed by atoms with Gasteiger partial charge in [0.25, 0.3) is 0 Å². The summed E-state index contributed by atoms with van der Waals surface area (Å²) in [5, 5.41) is 0. The Morgan fingerprint density at radius 1 is 1.27 bits per heavy atom. The van der Waals surface area contributed by atoms with Gasteiger partial charge in [0, 0.05) is 0 Å². The molecule has 0 aromatic rings. The monoisotopic (exact) mass is 212 g/mol. The highest BCUT2D eigenvalue weighted by atomic mass is 16.5. The van der Waals surface area contributed by atoms with Gasteiger partial charge in [0.15, 0.2) is 0 Å². The molecule has 1 aliphatic heterocycles. The molecule has 0 spiro atoms. The second-order valence-electron chi connectivity index (χ2n) is 3.94.